The number of hydrogen-bond donors (Lipinski definition) is 2. The van der Waals surface area contributed by atoms with E-state index in [0.29, 0.717) is 18.2 Å². The average molecular weight is 282 g/mol. The van der Waals surface area contributed by atoms with Crippen molar-refractivity contribution in [3.8, 4) is 0 Å². The molecule has 5 nitrogen and oxygen atoms in total. The standard InChI is InChI=1S/C15H26N2O3/c1-2-13-10-17(7-8-20-13)12-5-6-15(9-12,14(18)19)16-11-3-4-11/h11-13,16H,2-10H2,1H3,(H,18,19). The predicted molar refractivity (Wildman–Crippen MR) is 75.8 cm³/mol. The highest BCUT2D eigenvalue weighted by atomic mass is 16.5. The molecule has 0 aromatic heterocycles. The van der Waals surface area contributed by atoms with Crippen molar-refractivity contribution in [2.24, 2.45) is 0 Å². The second-order valence-corrected chi connectivity index (χ2v) is 6.60. The summed E-state index contributed by atoms with van der Waals surface area (Å²) in [6.45, 7) is 4.84. The Morgan fingerprint density at radius 3 is 2.90 bits per heavy atom. The van der Waals surface area contributed by atoms with Crippen LogP contribution >= 0.6 is 0 Å². The number of nitrogens with zero attached hydrogens (tertiary/aromatic N) is 1. The van der Waals surface area contributed by atoms with E-state index in [2.05, 4.69) is 17.1 Å². The van der Waals surface area contributed by atoms with Crippen LogP contribution in [0.3, 0.4) is 0 Å². The van der Waals surface area contributed by atoms with Crippen LogP contribution in [0, 0.1) is 0 Å². The van der Waals surface area contributed by atoms with Crippen molar-refractivity contribution in [1.82, 2.24) is 10.2 Å². The van der Waals surface area contributed by atoms with Crippen molar-refractivity contribution in [3.05, 3.63) is 0 Å². The van der Waals surface area contributed by atoms with Crippen molar-refractivity contribution in [2.45, 2.75) is 69.2 Å². The maximum atomic E-state index is 11.7. The summed E-state index contributed by atoms with van der Waals surface area (Å²) in [7, 11) is 0. The van der Waals surface area contributed by atoms with Gasteiger partial charge in [-0.25, -0.2) is 0 Å². The van der Waals surface area contributed by atoms with Gasteiger partial charge in [0.2, 0.25) is 0 Å². The van der Waals surface area contributed by atoms with Crippen LogP contribution in [-0.2, 0) is 9.53 Å². The maximum Gasteiger partial charge on any atom is 0.323 e. The fraction of sp³-hybridized carbons (Fsp3) is 0.933. The first-order chi connectivity index (χ1) is 9.63. The molecule has 1 saturated heterocycles. The van der Waals surface area contributed by atoms with Gasteiger partial charge < -0.3 is 9.84 Å². The Morgan fingerprint density at radius 1 is 1.45 bits per heavy atom. The van der Waals surface area contributed by atoms with Crippen LogP contribution in [0.15, 0.2) is 0 Å². The highest BCUT2D eigenvalue weighted by molar-refractivity contribution is 5.79. The van der Waals surface area contributed by atoms with Crippen LogP contribution in [0.1, 0.15) is 45.4 Å². The van der Waals surface area contributed by atoms with Gasteiger partial charge >= 0.3 is 5.97 Å². The molecule has 3 aliphatic rings. The number of morpholine rings is 1. The summed E-state index contributed by atoms with van der Waals surface area (Å²) < 4.78 is 5.72. The van der Waals surface area contributed by atoms with Crippen LogP contribution in [0.5, 0.6) is 0 Å². The summed E-state index contributed by atoms with van der Waals surface area (Å²) in [6.07, 6.45) is 6.12. The van der Waals surface area contributed by atoms with Gasteiger partial charge in [0.15, 0.2) is 0 Å². The second-order valence-electron chi connectivity index (χ2n) is 6.60. The lowest BCUT2D eigenvalue weighted by atomic mass is 9.97. The molecule has 2 N–H and O–H groups in total. The van der Waals surface area contributed by atoms with Crippen LogP contribution in [0.25, 0.3) is 0 Å². The van der Waals surface area contributed by atoms with E-state index in [4.69, 9.17) is 4.74 Å². The molecule has 1 aliphatic heterocycles. The zero-order valence-electron chi connectivity index (χ0n) is 12.3. The highest BCUT2D eigenvalue weighted by Crippen LogP contribution is 2.37. The lowest BCUT2D eigenvalue weighted by Gasteiger charge is -2.37. The van der Waals surface area contributed by atoms with Gasteiger partial charge in [0, 0.05) is 25.2 Å². The van der Waals surface area contributed by atoms with Crippen molar-refractivity contribution in [3.63, 3.8) is 0 Å². The zero-order valence-corrected chi connectivity index (χ0v) is 12.3. The van der Waals surface area contributed by atoms with E-state index in [0.717, 1.165) is 58.2 Å². The lowest BCUT2D eigenvalue weighted by Crippen LogP contribution is -2.53. The summed E-state index contributed by atoms with van der Waals surface area (Å²) in [5, 5.41) is 13.1. The third-order valence-corrected chi connectivity index (χ3v) is 5.10. The number of hydrogen-bond acceptors (Lipinski definition) is 4. The smallest absolute Gasteiger partial charge is 0.323 e. The van der Waals surface area contributed by atoms with Gasteiger partial charge in [-0.3, -0.25) is 15.0 Å². The molecule has 1 heterocycles. The minimum Gasteiger partial charge on any atom is -0.480 e. The maximum absolute atomic E-state index is 11.7. The van der Waals surface area contributed by atoms with Gasteiger partial charge in [-0.15, -0.1) is 0 Å². The Kier molecular flexibility index (Phi) is 4.02. The average Bonchev–Trinajstić information content (AvgIpc) is 3.15. The molecule has 3 fully saturated rings. The van der Waals surface area contributed by atoms with Gasteiger partial charge in [0.1, 0.15) is 5.54 Å². The molecule has 3 unspecified atom stereocenters. The molecular weight excluding hydrogens is 256 g/mol. The molecule has 0 aromatic rings. The molecule has 20 heavy (non-hydrogen) atoms. The molecule has 0 aromatic carbocycles. The molecule has 3 rings (SSSR count). The van der Waals surface area contributed by atoms with Gasteiger partial charge in [0.05, 0.1) is 12.7 Å². The van der Waals surface area contributed by atoms with Crippen molar-refractivity contribution < 1.29 is 14.6 Å². The molecule has 0 bridgehead atoms. The van der Waals surface area contributed by atoms with Gasteiger partial charge in [-0.1, -0.05) is 6.92 Å². The molecule has 0 radical (unpaired) electrons. The minimum atomic E-state index is -0.675. The Hall–Kier alpha value is -0.650. The van der Waals surface area contributed by atoms with Crippen LogP contribution in [0.4, 0.5) is 0 Å². The molecule has 114 valence electrons. The summed E-state index contributed by atoms with van der Waals surface area (Å²) in [6, 6.07) is 0.841. The third kappa shape index (κ3) is 2.85. The first kappa shape index (κ1) is 14.3. The van der Waals surface area contributed by atoms with Gasteiger partial charge in [-0.2, -0.15) is 0 Å². The van der Waals surface area contributed by atoms with Crippen LogP contribution < -0.4 is 5.32 Å². The van der Waals surface area contributed by atoms with E-state index in [1.165, 1.54) is 0 Å². The normalized spacial score (nSPS) is 39.0. The molecule has 5 heteroatoms. The Morgan fingerprint density at radius 2 is 2.25 bits per heavy atom. The quantitative estimate of drug-likeness (QED) is 0.794. The van der Waals surface area contributed by atoms with E-state index in [1.54, 1.807) is 0 Å². The number of carboxylic acids is 1. The molecule has 3 atom stereocenters. The van der Waals surface area contributed by atoms with E-state index in [9.17, 15) is 9.90 Å². The van der Waals surface area contributed by atoms with E-state index >= 15 is 0 Å². The van der Waals surface area contributed by atoms with Crippen LogP contribution in [-0.4, -0.2) is 59.4 Å². The van der Waals surface area contributed by atoms with E-state index in [1.807, 2.05) is 0 Å². The lowest BCUT2D eigenvalue weighted by molar-refractivity contribution is -0.145. The molecule has 0 amide bonds. The van der Waals surface area contributed by atoms with E-state index in [-0.39, 0.29) is 0 Å². The molecule has 0 spiro atoms. The zero-order chi connectivity index (χ0) is 14.2. The van der Waals surface area contributed by atoms with Crippen molar-refractivity contribution in [1.29, 1.82) is 0 Å². The number of aliphatic carboxylic acids is 1. The fourth-order valence-corrected chi connectivity index (χ4v) is 3.66. The Bertz CT molecular complexity index is 372. The Balaban J connectivity index is 1.63. The van der Waals surface area contributed by atoms with Gasteiger partial charge in [0.25, 0.3) is 0 Å². The summed E-state index contributed by atoms with van der Waals surface area (Å²) in [5.74, 6) is -0.660. The predicted octanol–water partition coefficient (Wildman–Crippen LogP) is 1.23. The van der Waals surface area contributed by atoms with Gasteiger partial charge in [-0.05, 0) is 38.5 Å². The third-order valence-electron chi connectivity index (χ3n) is 5.10. The highest BCUT2D eigenvalue weighted by Gasteiger charge is 2.49. The summed E-state index contributed by atoms with van der Waals surface area (Å²) in [5.41, 5.74) is -0.675. The summed E-state index contributed by atoms with van der Waals surface area (Å²) >= 11 is 0. The largest absolute Gasteiger partial charge is 0.480 e. The fourth-order valence-electron chi connectivity index (χ4n) is 3.66. The second kappa shape index (κ2) is 5.62. The first-order valence-corrected chi connectivity index (χ1v) is 8.00. The topological polar surface area (TPSA) is 61.8 Å². The Labute approximate surface area is 120 Å². The van der Waals surface area contributed by atoms with E-state index < -0.39 is 11.5 Å². The molecular formula is C15H26N2O3. The van der Waals surface area contributed by atoms with Crippen LogP contribution in [0.2, 0.25) is 0 Å². The number of carboxylic acid groups (broad SMARTS) is 1. The molecule has 2 aliphatic carbocycles. The first-order valence-electron chi connectivity index (χ1n) is 8.00. The number of carbonyl (C=O) groups is 1. The monoisotopic (exact) mass is 282 g/mol. The van der Waals surface area contributed by atoms with Crippen molar-refractivity contribution in [2.75, 3.05) is 19.7 Å². The number of ether oxygens (including phenoxy) is 1. The molecule has 2 saturated carbocycles. The SMILES string of the molecule is CCC1CN(C2CCC(NC3CC3)(C(=O)O)C2)CCO1. The minimum absolute atomic E-state index is 0.319. The number of nitrogens with one attached hydrogen (secondary N) is 1. The number of rotatable bonds is 5. The van der Waals surface area contributed by atoms with Crippen molar-refractivity contribution >= 4 is 5.97 Å². The summed E-state index contributed by atoms with van der Waals surface area (Å²) in [4.78, 5) is 14.2.